The number of benzene rings is 1. The van der Waals surface area contributed by atoms with Crippen molar-refractivity contribution in [1.82, 2.24) is 4.90 Å². The normalized spacial score (nSPS) is 20.9. The fourth-order valence-corrected chi connectivity index (χ4v) is 4.84. The van der Waals surface area contributed by atoms with Crippen molar-refractivity contribution in [3.63, 3.8) is 0 Å². The number of rotatable bonds is 2. The molecule has 0 atom stereocenters. The van der Waals surface area contributed by atoms with Crippen molar-refractivity contribution in [3.8, 4) is 0 Å². The molecule has 0 saturated carbocycles. The summed E-state index contributed by atoms with van der Waals surface area (Å²) in [4.78, 5) is 2.21. The third kappa shape index (κ3) is 2.93. The molecular weight excluding hydrogens is 224 g/mol. The van der Waals surface area contributed by atoms with Gasteiger partial charge in [0.15, 0.2) is 0 Å². The lowest BCUT2D eigenvalue weighted by Crippen LogP contribution is -2.31. The second kappa shape index (κ2) is 4.68. The maximum Gasteiger partial charge on any atom is 0.123 e. The summed E-state index contributed by atoms with van der Waals surface area (Å²) in [6.07, 6.45) is 2.21. The molecule has 2 nitrogen and oxygen atoms in total. The van der Waals surface area contributed by atoms with Gasteiger partial charge in [-0.25, -0.2) is 4.39 Å². The fraction of sp³-hybridized carbons (Fsp3) is 0.500. The van der Waals surface area contributed by atoms with Crippen LogP contribution in [0.5, 0.6) is 0 Å². The summed E-state index contributed by atoms with van der Waals surface area (Å²) in [5.41, 5.74) is 0.995. The van der Waals surface area contributed by atoms with E-state index in [9.17, 15) is 8.96 Å². The second-order valence-electron chi connectivity index (χ2n) is 4.59. The van der Waals surface area contributed by atoms with Gasteiger partial charge in [0.05, 0.1) is 7.14 Å². The largest absolute Gasteiger partial charge is 0.323 e. The first-order valence-corrected chi connectivity index (χ1v) is 7.84. The molecule has 1 aliphatic rings. The summed E-state index contributed by atoms with van der Waals surface area (Å²) in [5.74, 6) is -0.231. The summed E-state index contributed by atoms with van der Waals surface area (Å²) in [5, 5.41) is 0. The average molecular weight is 241 g/mol. The Hall–Kier alpha value is -0.660. The molecule has 0 unspecified atom stereocenters. The minimum atomic E-state index is -2.05. The molecule has 16 heavy (non-hydrogen) atoms. The Bertz CT molecular complexity index is 392. The summed E-state index contributed by atoms with van der Waals surface area (Å²) in [6.45, 7) is 1.83. The summed E-state index contributed by atoms with van der Waals surface area (Å²) in [7, 11) is 0.00501. The Morgan fingerprint density at radius 3 is 2.38 bits per heavy atom. The molecule has 1 heterocycles. The molecule has 0 N–H and O–H groups in total. The molecule has 88 valence electrons. The highest BCUT2D eigenvalue weighted by Gasteiger charge is 2.27. The number of hydrogen-bond donors (Lipinski definition) is 0. The van der Waals surface area contributed by atoms with E-state index in [0.29, 0.717) is 6.16 Å². The van der Waals surface area contributed by atoms with E-state index in [1.54, 1.807) is 12.1 Å². The highest BCUT2D eigenvalue weighted by atomic mass is 31.2. The van der Waals surface area contributed by atoms with Crippen LogP contribution < -0.4 is 0 Å². The van der Waals surface area contributed by atoms with Crippen LogP contribution in [0.4, 0.5) is 4.39 Å². The monoisotopic (exact) mass is 241 g/mol. The number of hydrogen-bond acceptors (Lipinski definition) is 2. The summed E-state index contributed by atoms with van der Waals surface area (Å²) < 4.78 is 25.2. The molecule has 1 aromatic rings. The van der Waals surface area contributed by atoms with Crippen LogP contribution in [0, 0.1) is 5.82 Å². The van der Waals surface area contributed by atoms with Gasteiger partial charge in [0.25, 0.3) is 0 Å². The van der Waals surface area contributed by atoms with Gasteiger partial charge in [-0.3, -0.25) is 0 Å². The van der Waals surface area contributed by atoms with E-state index >= 15 is 0 Å². The van der Waals surface area contributed by atoms with Crippen molar-refractivity contribution in [2.45, 2.75) is 6.16 Å². The molecule has 0 radical (unpaired) electrons. The molecule has 0 aromatic heterocycles. The molecule has 0 bridgehead atoms. The quantitative estimate of drug-likeness (QED) is 0.742. The van der Waals surface area contributed by atoms with Gasteiger partial charge >= 0.3 is 0 Å². The molecule has 0 amide bonds. The van der Waals surface area contributed by atoms with E-state index in [0.717, 1.165) is 31.0 Å². The Balaban J connectivity index is 2.04. The minimum Gasteiger partial charge on any atom is -0.323 e. The highest BCUT2D eigenvalue weighted by Crippen LogP contribution is 2.50. The molecule has 1 saturated heterocycles. The lowest BCUT2D eigenvalue weighted by molar-refractivity contribution is 0.359. The van der Waals surface area contributed by atoms with Crippen LogP contribution >= 0.6 is 7.14 Å². The second-order valence-corrected chi connectivity index (χ2v) is 7.92. The Morgan fingerprint density at radius 1 is 1.25 bits per heavy atom. The van der Waals surface area contributed by atoms with Crippen LogP contribution in [0.2, 0.25) is 0 Å². The maximum atomic E-state index is 12.7. The maximum absolute atomic E-state index is 12.7. The van der Waals surface area contributed by atoms with E-state index in [-0.39, 0.29) is 5.82 Å². The lowest BCUT2D eigenvalue weighted by Gasteiger charge is -2.29. The van der Waals surface area contributed by atoms with Crippen molar-refractivity contribution < 1.29 is 8.96 Å². The lowest BCUT2D eigenvalue weighted by atomic mass is 10.2. The first kappa shape index (κ1) is 11.8. The van der Waals surface area contributed by atoms with Gasteiger partial charge in [-0.15, -0.1) is 0 Å². The van der Waals surface area contributed by atoms with Gasteiger partial charge in [0, 0.05) is 31.6 Å². The van der Waals surface area contributed by atoms with E-state index in [2.05, 4.69) is 11.9 Å². The van der Waals surface area contributed by atoms with Crippen molar-refractivity contribution in [2.75, 3.05) is 32.5 Å². The first-order valence-electron chi connectivity index (χ1n) is 5.57. The fourth-order valence-electron chi connectivity index (χ4n) is 2.01. The third-order valence-corrected chi connectivity index (χ3v) is 6.13. The number of nitrogens with zero attached hydrogens (tertiary/aromatic N) is 1. The first-order chi connectivity index (χ1) is 7.57. The zero-order chi connectivity index (χ0) is 11.6. The van der Waals surface area contributed by atoms with E-state index in [1.165, 1.54) is 12.1 Å². The predicted octanol–water partition coefficient (Wildman–Crippen LogP) is 2.63. The highest BCUT2D eigenvalue weighted by molar-refractivity contribution is 7.63. The Kier molecular flexibility index (Phi) is 3.46. The molecule has 0 spiro atoms. The predicted molar refractivity (Wildman–Crippen MR) is 64.9 cm³/mol. The van der Waals surface area contributed by atoms with Crippen LogP contribution in [0.15, 0.2) is 24.3 Å². The number of halogens is 1. The van der Waals surface area contributed by atoms with Gasteiger partial charge in [0.1, 0.15) is 5.82 Å². The molecular formula is C12H17FNOP. The van der Waals surface area contributed by atoms with Crippen LogP contribution in [-0.2, 0) is 10.7 Å². The molecule has 1 fully saturated rings. The molecule has 1 aliphatic heterocycles. The zero-order valence-electron chi connectivity index (χ0n) is 9.53. The molecule has 0 aliphatic carbocycles. The van der Waals surface area contributed by atoms with Gasteiger partial charge in [0.2, 0.25) is 0 Å². The zero-order valence-corrected chi connectivity index (χ0v) is 10.4. The van der Waals surface area contributed by atoms with Gasteiger partial charge in [-0.1, -0.05) is 12.1 Å². The molecule has 2 rings (SSSR count). The SMILES string of the molecule is CN1CCP(=O)(Cc2ccc(F)cc2)CC1. The van der Waals surface area contributed by atoms with Crippen molar-refractivity contribution in [1.29, 1.82) is 0 Å². The van der Waals surface area contributed by atoms with Crippen molar-refractivity contribution >= 4 is 7.14 Å². The topological polar surface area (TPSA) is 20.3 Å². The third-order valence-electron chi connectivity index (χ3n) is 3.16. The van der Waals surface area contributed by atoms with Crippen LogP contribution in [-0.4, -0.2) is 37.4 Å². The van der Waals surface area contributed by atoms with E-state index in [1.807, 2.05) is 0 Å². The molecule has 1 aromatic carbocycles. The van der Waals surface area contributed by atoms with Crippen LogP contribution in [0.3, 0.4) is 0 Å². The minimum absolute atomic E-state index is 0.231. The van der Waals surface area contributed by atoms with Crippen molar-refractivity contribution in [3.05, 3.63) is 35.6 Å². The van der Waals surface area contributed by atoms with Crippen LogP contribution in [0.1, 0.15) is 5.56 Å². The van der Waals surface area contributed by atoms with Crippen molar-refractivity contribution in [2.24, 2.45) is 0 Å². The Morgan fingerprint density at radius 2 is 1.81 bits per heavy atom. The summed E-state index contributed by atoms with van der Waals surface area (Å²) in [6, 6.07) is 6.37. The average Bonchev–Trinajstić information content (AvgIpc) is 2.27. The van der Waals surface area contributed by atoms with Crippen LogP contribution in [0.25, 0.3) is 0 Å². The van der Waals surface area contributed by atoms with E-state index < -0.39 is 7.14 Å². The summed E-state index contributed by atoms with van der Waals surface area (Å²) >= 11 is 0. The van der Waals surface area contributed by atoms with Gasteiger partial charge in [-0.05, 0) is 24.7 Å². The smallest absolute Gasteiger partial charge is 0.123 e. The standard InChI is InChI=1S/C12H17FNOP/c1-14-6-8-16(15,9-7-14)10-11-2-4-12(13)5-3-11/h2-5H,6-10H2,1H3. The molecule has 4 heteroatoms. The Labute approximate surface area is 95.8 Å². The van der Waals surface area contributed by atoms with Gasteiger partial charge < -0.3 is 9.46 Å². The van der Waals surface area contributed by atoms with E-state index in [4.69, 9.17) is 0 Å². The van der Waals surface area contributed by atoms with Gasteiger partial charge in [-0.2, -0.15) is 0 Å².